The molecule has 0 radical (unpaired) electrons. The summed E-state index contributed by atoms with van der Waals surface area (Å²) in [6.45, 7) is 10.7. The van der Waals surface area contributed by atoms with Gasteiger partial charge in [-0.25, -0.2) is 0 Å². The summed E-state index contributed by atoms with van der Waals surface area (Å²) in [6, 6.07) is 0. The summed E-state index contributed by atoms with van der Waals surface area (Å²) in [5.41, 5.74) is -1.38. The SMILES string of the molecule is C=C[C@@]1(CO)CC[C@@]2(C)[C@@H](C[C@H](O)[C@]3(O)[C@@H]2CCCC3(C)C)C1. The number of hydrogen-bond acceptors (Lipinski definition) is 3. The molecule has 6 atom stereocenters. The molecule has 3 N–H and O–H groups in total. The first-order valence-electron chi connectivity index (χ1n) is 9.30. The summed E-state index contributed by atoms with van der Waals surface area (Å²) in [7, 11) is 0. The molecule has 0 heterocycles. The summed E-state index contributed by atoms with van der Waals surface area (Å²) < 4.78 is 0. The Morgan fingerprint density at radius 3 is 2.48 bits per heavy atom. The molecule has 3 nitrogen and oxygen atoms in total. The fraction of sp³-hybridized carbons (Fsp3) is 0.900. The lowest BCUT2D eigenvalue weighted by Crippen LogP contribution is -2.70. The van der Waals surface area contributed by atoms with E-state index in [1.807, 2.05) is 6.08 Å². The van der Waals surface area contributed by atoms with Crippen LogP contribution in [0.15, 0.2) is 12.7 Å². The molecule has 0 bridgehead atoms. The third-order valence-electron chi connectivity index (χ3n) is 8.22. The van der Waals surface area contributed by atoms with Crippen LogP contribution in [0.1, 0.15) is 65.7 Å². The Morgan fingerprint density at radius 2 is 1.87 bits per heavy atom. The molecule has 132 valence electrons. The second-order valence-electron chi connectivity index (χ2n) is 9.54. The van der Waals surface area contributed by atoms with Gasteiger partial charge in [0.05, 0.1) is 18.3 Å². The molecule has 3 fully saturated rings. The van der Waals surface area contributed by atoms with Gasteiger partial charge in [-0.15, -0.1) is 6.58 Å². The van der Waals surface area contributed by atoms with Crippen molar-refractivity contribution in [1.29, 1.82) is 0 Å². The van der Waals surface area contributed by atoms with Crippen molar-refractivity contribution >= 4 is 0 Å². The highest BCUT2D eigenvalue weighted by atomic mass is 16.3. The van der Waals surface area contributed by atoms with E-state index in [4.69, 9.17) is 0 Å². The molecule has 0 aromatic rings. The minimum atomic E-state index is -0.982. The lowest BCUT2D eigenvalue weighted by atomic mass is 9.41. The van der Waals surface area contributed by atoms with Crippen LogP contribution in [0.4, 0.5) is 0 Å². The van der Waals surface area contributed by atoms with Gasteiger partial charge in [0.15, 0.2) is 0 Å². The Kier molecular flexibility index (Phi) is 4.02. The predicted octanol–water partition coefficient (Wildman–Crippen LogP) is 3.28. The first-order chi connectivity index (χ1) is 10.7. The average Bonchev–Trinajstić information content (AvgIpc) is 2.51. The highest BCUT2D eigenvalue weighted by Crippen LogP contribution is 2.66. The number of aliphatic hydroxyl groups excluding tert-OH is 2. The molecular weight excluding hydrogens is 288 g/mol. The molecule has 3 aliphatic carbocycles. The molecule has 0 aromatic carbocycles. The van der Waals surface area contributed by atoms with Crippen LogP contribution in [-0.4, -0.2) is 33.6 Å². The van der Waals surface area contributed by atoms with Gasteiger partial charge in [-0.05, 0) is 61.2 Å². The van der Waals surface area contributed by atoms with Crippen LogP contribution in [0.2, 0.25) is 0 Å². The Hall–Kier alpha value is -0.380. The molecule has 3 saturated carbocycles. The third kappa shape index (κ3) is 2.19. The molecule has 3 heteroatoms. The van der Waals surface area contributed by atoms with Crippen LogP contribution >= 0.6 is 0 Å². The van der Waals surface area contributed by atoms with Crippen molar-refractivity contribution < 1.29 is 15.3 Å². The summed E-state index contributed by atoms with van der Waals surface area (Å²) >= 11 is 0. The van der Waals surface area contributed by atoms with Crippen LogP contribution < -0.4 is 0 Å². The van der Waals surface area contributed by atoms with Gasteiger partial charge in [0, 0.05) is 5.41 Å². The quantitative estimate of drug-likeness (QED) is 0.684. The first kappa shape index (κ1) is 17.4. The number of fused-ring (bicyclic) bond motifs is 3. The van der Waals surface area contributed by atoms with Crippen LogP contribution in [-0.2, 0) is 0 Å². The van der Waals surface area contributed by atoms with E-state index >= 15 is 0 Å². The van der Waals surface area contributed by atoms with E-state index in [0.717, 1.165) is 38.5 Å². The molecular formula is C20H34O3. The van der Waals surface area contributed by atoms with Crippen LogP contribution in [0.3, 0.4) is 0 Å². The topological polar surface area (TPSA) is 60.7 Å². The largest absolute Gasteiger partial charge is 0.395 e. The molecule has 3 aliphatic rings. The zero-order valence-electron chi connectivity index (χ0n) is 15.0. The molecule has 3 rings (SSSR count). The average molecular weight is 322 g/mol. The van der Waals surface area contributed by atoms with E-state index in [9.17, 15) is 15.3 Å². The standard InChI is InChI=1S/C20H34O3/c1-5-19(13-21)10-9-18(4)14(12-19)11-16(22)20(23)15(18)7-6-8-17(20,2)3/h5,14-16,21-23H,1,6-13H2,2-4H3/t14-,15+,16-,18-,19+,20+/m0/s1. The van der Waals surface area contributed by atoms with E-state index < -0.39 is 11.7 Å². The summed E-state index contributed by atoms with van der Waals surface area (Å²) in [6.07, 6.45) is 7.82. The van der Waals surface area contributed by atoms with E-state index in [1.54, 1.807) is 0 Å². The van der Waals surface area contributed by atoms with Gasteiger partial charge in [0.25, 0.3) is 0 Å². The molecule has 23 heavy (non-hydrogen) atoms. The minimum absolute atomic E-state index is 0.0490. The van der Waals surface area contributed by atoms with Crippen LogP contribution in [0.5, 0.6) is 0 Å². The molecule has 0 aliphatic heterocycles. The number of hydrogen-bond donors (Lipinski definition) is 3. The fourth-order valence-electron chi connectivity index (χ4n) is 6.36. The van der Waals surface area contributed by atoms with Gasteiger partial charge in [-0.3, -0.25) is 0 Å². The van der Waals surface area contributed by atoms with Crippen LogP contribution in [0, 0.1) is 28.1 Å². The maximum Gasteiger partial charge on any atom is 0.0989 e. The van der Waals surface area contributed by atoms with Gasteiger partial charge < -0.3 is 15.3 Å². The summed E-state index contributed by atoms with van der Waals surface area (Å²) in [4.78, 5) is 0. The Labute approximate surface area is 140 Å². The smallest absolute Gasteiger partial charge is 0.0989 e. The third-order valence-corrected chi connectivity index (χ3v) is 8.22. The van der Waals surface area contributed by atoms with Crippen molar-refractivity contribution in [2.45, 2.75) is 77.4 Å². The normalized spacial score (nSPS) is 52.3. The Balaban J connectivity index is 1.99. The highest BCUT2D eigenvalue weighted by Gasteiger charge is 2.66. The van der Waals surface area contributed by atoms with Crippen molar-refractivity contribution in [2.75, 3.05) is 6.61 Å². The predicted molar refractivity (Wildman–Crippen MR) is 91.9 cm³/mol. The van der Waals surface area contributed by atoms with Gasteiger partial charge in [-0.2, -0.15) is 0 Å². The van der Waals surface area contributed by atoms with Gasteiger partial charge >= 0.3 is 0 Å². The molecule has 0 aromatic heterocycles. The number of aliphatic hydroxyl groups is 3. The van der Waals surface area contributed by atoms with Crippen molar-refractivity contribution in [3.8, 4) is 0 Å². The fourth-order valence-corrected chi connectivity index (χ4v) is 6.36. The van der Waals surface area contributed by atoms with E-state index in [0.29, 0.717) is 12.3 Å². The van der Waals surface area contributed by atoms with E-state index in [2.05, 4.69) is 27.4 Å². The second-order valence-corrected chi connectivity index (χ2v) is 9.54. The monoisotopic (exact) mass is 322 g/mol. The van der Waals surface area contributed by atoms with Crippen molar-refractivity contribution in [3.05, 3.63) is 12.7 Å². The molecule has 0 amide bonds. The highest BCUT2D eigenvalue weighted by molar-refractivity contribution is 5.17. The first-order valence-corrected chi connectivity index (χ1v) is 9.30. The van der Waals surface area contributed by atoms with Crippen molar-refractivity contribution in [1.82, 2.24) is 0 Å². The molecule has 0 spiro atoms. The van der Waals surface area contributed by atoms with E-state index in [1.165, 1.54) is 0 Å². The van der Waals surface area contributed by atoms with Crippen LogP contribution in [0.25, 0.3) is 0 Å². The number of rotatable bonds is 2. The summed E-state index contributed by atoms with van der Waals surface area (Å²) in [5.74, 6) is 0.490. The molecule has 0 unspecified atom stereocenters. The minimum Gasteiger partial charge on any atom is -0.395 e. The Morgan fingerprint density at radius 1 is 1.17 bits per heavy atom. The Bertz CT molecular complexity index is 487. The van der Waals surface area contributed by atoms with E-state index in [-0.39, 0.29) is 28.8 Å². The summed E-state index contributed by atoms with van der Waals surface area (Å²) in [5, 5.41) is 32.4. The molecule has 0 saturated heterocycles. The lowest BCUT2D eigenvalue weighted by Gasteiger charge is -2.66. The maximum absolute atomic E-state index is 11.6. The lowest BCUT2D eigenvalue weighted by molar-refractivity contribution is -0.273. The van der Waals surface area contributed by atoms with Gasteiger partial charge in [0.1, 0.15) is 0 Å². The van der Waals surface area contributed by atoms with Crippen molar-refractivity contribution in [2.24, 2.45) is 28.1 Å². The second kappa shape index (κ2) is 5.31. The maximum atomic E-state index is 11.6. The van der Waals surface area contributed by atoms with Gasteiger partial charge in [0.2, 0.25) is 0 Å². The zero-order chi connectivity index (χ0) is 17.1. The van der Waals surface area contributed by atoms with Crippen molar-refractivity contribution in [3.63, 3.8) is 0 Å². The zero-order valence-corrected chi connectivity index (χ0v) is 15.0. The van der Waals surface area contributed by atoms with Gasteiger partial charge in [-0.1, -0.05) is 33.3 Å².